The van der Waals surface area contributed by atoms with Crippen LogP contribution in [0.4, 0.5) is 5.82 Å². The van der Waals surface area contributed by atoms with Crippen LogP contribution in [-0.4, -0.2) is 33.6 Å². The number of hydrogen-bond donors (Lipinski definition) is 2. The first-order chi connectivity index (χ1) is 7.66. The summed E-state index contributed by atoms with van der Waals surface area (Å²) in [6, 6.07) is 1.86. The van der Waals surface area contributed by atoms with E-state index >= 15 is 0 Å². The van der Waals surface area contributed by atoms with Gasteiger partial charge in [0.15, 0.2) is 0 Å². The topological polar surface area (TPSA) is 62.2 Å². The van der Waals surface area contributed by atoms with Gasteiger partial charge in [0, 0.05) is 18.0 Å². The first kappa shape index (κ1) is 11.5. The Morgan fingerprint density at radius 2 is 2.50 bits per heavy atom. The highest BCUT2D eigenvalue weighted by Gasteiger charge is 2.17. The van der Waals surface area contributed by atoms with Gasteiger partial charge in [-0.1, -0.05) is 11.6 Å². The highest BCUT2D eigenvalue weighted by atomic mass is 35.5. The van der Waals surface area contributed by atoms with E-state index < -0.39 is 5.97 Å². The van der Waals surface area contributed by atoms with Crippen molar-refractivity contribution in [2.24, 2.45) is 0 Å². The third kappa shape index (κ3) is 2.59. The summed E-state index contributed by atoms with van der Waals surface area (Å²) in [5.74, 6) is 1.72. The Labute approximate surface area is 102 Å². The lowest BCUT2D eigenvalue weighted by Crippen LogP contribution is -2.19. The monoisotopic (exact) mass is 258 g/mol. The maximum absolute atomic E-state index is 10.9. The molecule has 4 nitrogen and oxygen atoms in total. The van der Waals surface area contributed by atoms with Crippen LogP contribution < -0.4 is 5.32 Å². The summed E-state index contributed by atoms with van der Waals surface area (Å²) in [6.45, 7) is 0. The third-order valence-electron chi connectivity index (χ3n) is 2.37. The minimum absolute atomic E-state index is 0.0878. The molecule has 2 N–H and O–H groups in total. The van der Waals surface area contributed by atoms with Gasteiger partial charge in [-0.2, -0.15) is 11.8 Å². The van der Waals surface area contributed by atoms with Crippen LogP contribution in [0.1, 0.15) is 16.8 Å². The quantitative estimate of drug-likeness (QED) is 0.871. The molecule has 1 aromatic rings. The number of nitrogens with zero attached hydrogens (tertiary/aromatic N) is 1. The number of thioether (sulfide) groups is 1. The second kappa shape index (κ2) is 4.93. The highest BCUT2D eigenvalue weighted by molar-refractivity contribution is 7.99. The predicted molar refractivity (Wildman–Crippen MR) is 65.6 cm³/mol. The van der Waals surface area contributed by atoms with Crippen LogP contribution in [-0.2, 0) is 0 Å². The van der Waals surface area contributed by atoms with Crippen molar-refractivity contribution in [1.82, 2.24) is 4.98 Å². The largest absolute Gasteiger partial charge is 0.478 e. The number of pyridine rings is 1. The van der Waals surface area contributed by atoms with Crippen LogP contribution in [0.25, 0.3) is 0 Å². The summed E-state index contributed by atoms with van der Waals surface area (Å²) in [7, 11) is 0. The SMILES string of the molecule is O=C(O)c1cc(NC2CCSC2)ncc1Cl. The lowest BCUT2D eigenvalue weighted by atomic mass is 10.2. The van der Waals surface area contributed by atoms with E-state index in [1.54, 1.807) is 0 Å². The summed E-state index contributed by atoms with van der Waals surface area (Å²) in [5.41, 5.74) is 0.0878. The fraction of sp³-hybridized carbons (Fsp3) is 0.400. The Balaban J connectivity index is 2.15. The molecule has 1 fully saturated rings. The Kier molecular flexibility index (Phi) is 3.56. The summed E-state index contributed by atoms with van der Waals surface area (Å²) >= 11 is 7.62. The van der Waals surface area contributed by atoms with Crippen molar-refractivity contribution in [3.8, 4) is 0 Å². The number of aromatic nitrogens is 1. The number of nitrogens with one attached hydrogen (secondary N) is 1. The molecule has 0 amide bonds. The first-order valence-electron chi connectivity index (χ1n) is 4.90. The van der Waals surface area contributed by atoms with Gasteiger partial charge < -0.3 is 10.4 Å². The van der Waals surface area contributed by atoms with E-state index in [-0.39, 0.29) is 10.6 Å². The Morgan fingerprint density at radius 1 is 1.69 bits per heavy atom. The molecule has 1 saturated heterocycles. The normalized spacial score (nSPS) is 19.7. The summed E-state index contributed by atoms with van der Waals surface area (Å²) in [6.07, 6.45) is 2.45. The molecule has 6 heteroatoms. The average molecular weight is 259 g/mol. The van der Waals surface area contributed by atoms with Crippen LogP contribution in [0.5, 0.6) is 0 Å². The molecule has 1 unspecified atom stereocenters. The molecule has 1 atom stereocenters. The van der Waals surface area contributed by atoms with Crippen LogP contribution in [0, 0.1) is 0 Å². The summed E-state index contributed by atoms with van der Waals surface area (Å²) in [5, 5.41) is 12.3. The lowest BCUT2D eigenvalue weighted by molar-refractivity contribution is 0.0697. The molecule has 16 heavy (non-hydrogen) atoms. The third-order valence-corrected chi connectivity index (χ3v) is 3.83. The summed E-state index contributed by atoms with van der Waals surface area (Å²) in [4.78, 5) is 14.9. The van der Waals surface area contributed by atoms with Gasteiger partial charge in [0.1, 0.15) is 5.82 Å². The van der Waals surface area contributed by atoms with Crippen LogP contribution >= 0.6 is 23.4 Å². The van der Waals surface area contributed by atoms with E-state index in [1.807, 2.05) is 11.8 Å². The van der Waals surface area contributed by atoms with Crippen molar-refractivity contribution in [2.75, 3.05) is 16.8 Å². The molecule has 2 heterocycles. The predicted octanol–water partition coefficient (Wildman–Crippen LogP) is 2.35. The smallest absolute Gasteiger partial charge is 0.337 e. The highest BCUT2D eigenvalue weighted by Crippen LogP contribution is 2.23. The average Bonchev–Trinajstić information content (AvgIpc) is 2.73. The Morgan fingerprint density at radius 3 is 3.12 bits per heavy atom. The van der Waals surface area contributed by atoms with Crippen LogP contribution in [0.3, 0.4) is 0 Å². The number of carbonyl (C=O) groups is 1. The molecule has 1 aliphatic rings. The van der Waals surface area contributed by atoms with Crippen LogP contribution in [0.15, 0.2) is 12.3 Å². The van der Waals surface area contributed by atoms with Crippen molar-refractivity contribution >= 4 is 35.1 Å². The van der Waals surface area contributed by atoms with E-state index in [9.17, 15) is 4.79 Å². The molecule has 0 spiro atoms. The molecule has 0 radical (unpaired) electrons. The number of carboxylic acid groups (broad SMARTS) is 1. The van der Waals surface area contributed by atoms with Gasteiger partial charge in [-0.3, -0.25) is 0 Å². The standard InChI is InChI=1S/C10H11ClN2O2S/c11-8-4-12-9(3-7(8)10(14)15)13-6-1-2-16-5-6/h3-4,6H,1-2,5H2,(H,12,13)(H,14,15). The zero-order chi connectivity index (χ0) is 11.5. The van der Waals surface area contributed by atoms with Crippen molar-refractivity contribution in [2.45, 2.75) is 12.5 Å². The molecule has 0 aromatic carbocycles. The van der Waals surface area contributed by atoms with E-state index in [0.717, 1.165) is 17.9 Å². The van der Waals surface area contributed by atoms with Gasteiger partial charge in [-0.15, -0.1) is 0 Å². The minimum atomic E-state index is -1.03. The number of anilines is 1. The number of halogens is 1. The minimum Gasteiger partial charge on any atom is -0.478 e. The molecule has 1 aromatic heterocycles. The number of hydrogen-bond acceptors (Lipinski definition) is 4. The number of carboxylic acids is 1. The number of rotatable bonds is 3. The Hall–Kier alpha value is -0.940. The van der Waals surface area contributed by atoms with E-state index in [1.165, 1.54) is 12.3 Å². The summed E-state index contributed by atoms with van der Waals surface area (Å²) < 4.78 is 0. The van der Waals surface area contributed by atoms with Crippen LogP contribution in [0.2, 0.25) is 5.02 Å². The molecule has 0 bridgehead atoms. The van der Waals surface area contributed by atoms with Crippen molar-refractivity contribution < 1.29 is 9.90 Å². The van der Waals surface area contributed by atoms with Crippen molar-refractivity contribution in [1.29, 1.82) is 0 Å². The molecular formula is C10H11ClN2O2S. The van der Waals surface area contributed by atoms with E-state index in [4.69, 9.17) is 16.7 Å². The Bertz CT molecular complexity index is 408. The number of aromatic carboxylic acids is 1. The maximum atomic E-state index is 10.9. The van der Waals surface area contributed by atoms with E-state index in [2.05, 4.69) is 10.3 Å². The van der Waals surface area contributed by atoms with Gasteiger partial charge in [-0.25, -0.2) is 9.78 Å². The second-order valence-corrected chi connectivity index (χ2v) is 5.12. The molecule has 1 aliphatic heterocycles. The van der Waals surface area contributed by atoms with Gasteiger partial charge >= 0.3 is 5.97 Å². The van der Waals surface area contributed by atoms with Gasteiger partial charge in [0.05, 0.1) is 10.6 Å². The maximum Gasteiger partial charge on any atom is 0.337 e. The molecule has 0 aliphatic carbocycles. The van der Waals surface area contributed by atoms with E-state index in [0.29, 0.717) is 11.9 Å². The van der Waals surface area contributed by atoms with Gasteiger partial charge in [0.25, 0.3) is 0 Å². The zero-order valence-corrected chi connectivity index (χ0v) is 10.0. The molecule has 2 rings (SSSR count). The zero-order valence-electron chi connectivity index (χ0n) is 8.44. The van der Waals surface area contributed by atoms with Gasteiger partial charge in [0.2, 0.25) is 0 Å². The molecule has 0 saturated carbocycles. The second-order valence-electron chi connectivity index (χ2n) is 3.56. The fourth-order valence-electron chi connectivity index (χ4n) is 1.54. The van der Waals surface area contributed by atoms with Crippen molar-refractivity contribution in [3.05, 3.63) is 22.8 Å². The van der Waals surface area contributed by atoms with Crippen molar-refractivity contribution in [3.63, 3.8) is 0 Å². The van der Waals surface area contributed by atoms with Gasteiger partial charge in [-0.05, 0) is 18.2 Å². The lowest BCUT2D eigenvalue weighted by Gasteiger charge is -2.12. The first-order valence-corrected chi connectivity index (χ1v) is 6.43. The molecule has 86 valence electrons. The fourth-order valence-corrected chi connectivity index (χ4v) is 2.88. The molecular weight excluding hydrogens is 248 g/mol.